The van der Waals surface area contributed by atoms with Gasteiger partial charge in [0.05, 0.1) is 5.92 Å². The lowest BCUT2D eigenvalue weighted by Gasteiger charge is -2.64. The Kier molecular flexibility index (Phi) is 2.97. The third kappa shape index (κ3) is 2.10. The van der Waals surface area contributed by atoms with E-state index in [4.69, 9.17) is 0 Å². The van der Waals surface area contributed by atoms with Crippen LogP contribution in [-0.2, 0) is 4.79 Å². The zero-order valence-corrected chi connectivity index (χ0v) is 12.5. The van der Waals surface area contributed by atoms with Gasteiger partial charge in [-0.3, -0.25) is 4.79 Å². The fourth-order valence-corrected chi connectivity index (χ4v) is 5.90. The molecule has 4 saturated carbocycles. The normalized spacial score (nSPS) is 45.7. The van der Waals surface area contributed by atoms with Gasteiger partial charge in [-0.05, 0) is 76.3 Å². The Bertz CT molecular complexity index is 376. The molecule has 0 aliphatic heterocycles. The first-order chi connectivity index (χ1) is 8.84. The van der Waals surface area contributed by atoms with Gasteiger partial charge in [-0.25, -0.2) is 0 Å². The van der Waals surface area contributed by atoms with Crippen molar-refractivity contribution >= 4 is 5.97 Å². The highest BCUT2D eigenvalue weighted by molar-refractivity contribution is 5.69. The second-order valence-electron chi connectivity index (χ2n) is 8.02. The zero-order chi connectivity index (χ0) is 13.8. The molecule has 1 N–H and O–H groups in total. The van der Waals surface area contributed by atoms with Crippen molar-refractivity contribution < 1.29 is 9.90 Å². The average molecular weight is 265 g/mol. The fraction of sp³-hybridized carbons (Fsp3) is 0.938. The van der Waals surface area contributed by atoms with E-state index in [0.717, 1.165) is 18.3 Å². The molecule has 0 heterocycles. The molecule has 3 atom stereocenters. The van der Waals surface area contributed by atoms with Crippen LogP contribution in [0, 0.1) is 23.2 Å². The van der Waals surface area contributed by atoms with Gasteiger partial charge in [0.2, 0.25) is 0 Å². The fourth-order valence-electron chi connectivity index (χ4n) is 5.90. The van der Waals surface area contributed by atoms with E-state index in [1.807, 2.05) is 6.92 Å². The summed E-state index contributed by atoms with van der Waals surface area (Å²) in [5.74, 6) is 0.902. The van der Waals surface area contributed by atoms with E-state index in [-0.39, 0.29) is 5.92 Å². The number of carboxylic acid groups (broad SMARTS) is 1. The summed E-state index contributed by atoms with van der Waals surface area (Å²) in [6.07, 6.45) is 8.80. The zero-order valence-electron chi connectivity index (χ0n) is 12.5. The molecule has 4 fully saturated rings. The molecule has 4 aliphatic carbocycles. The molecule has 0 aromatic carbocycles. The molecule has 0 aromatic rings. The van der Waals surface area contributed by atoms with Crippen LogP contribution in [0.15, 0.2) is 0 Å². The molecule has 4 bridgehead atoms. The summed E-state index contributed by atoms with van der Waals surface area (Å²) in [7, 11) is 4.45. The summed E-state index contributed by atoms with van der Waals surface area (Å²) < 4.78 is 0. The summed E-state index contributed by atoms with van der Waals surface area (Å²) in [6, 6.07) is 0. The smallest absolute Gasteiger partial charge is 0.306 e. The average Bonchev–Trinajstić information content (AvgIpc) is 2.25. The molecular weight excluding hydrogens is 238 g/mol. The van der Waals surface area contributed by atoms with Crippen molar-refractivity contribution in [2.45, 2.75) is 57.4 Å². The van der Waals surface area contributed by atoms with Gasteiger partial charge in [-0.2, -0.15) is 0 Å². The van der Waals surface area contributed by atoms with Crippen LogP contribution in [0.25, 0.3) is 0 Å². The molecule has 0 saturated heterocycles. The monoisotopic (exact) mass is 265 g/mol. The molecule has 3 unspecified atom stereocenters. The summed E-state index contributed by atoms with van der Waals surface area (Å²) >= 11 is 0. The van der Waals surface area contributed by atoms with E-state index in [1.54, 1.807) is 0 Å². The van der Waals surface area contributed by atoms with E-state index in [2.05, 4.69) is 19.0 Å². The Morgan fingerprint density at radius 1 is 1.26 bits per heavy atom. The SMILES string of the molecule is CC(CC12CC3CC(C1)CC(N(C)C)(C3)C2)C(=O)O. The molecule has 0 amide bonds. The van der Waals surface area contributed by atoms with Crippen molar-refractivity contribution in [3.05, 3.63) is 0 Å². The lowest BCUT2D eigenvalue weighted by molar-refractivity contribution is -0.150. The largest absolute Gasteiger partial charge is 0.481 e. The predicted molar refractivity (Wildman–Crippen MR) is 74.9 cm³/mol. The third-order valence-corrected chi connectivity index (χ3v) is 6.26. The first-order valence-electron chi connectivity index (χ1n) is 7.74. The topological polar surface area (TPSA) is 40.5 Å². The number of nitrogens with zero attached hydrogens (tertiary/aromatic N) is 1. The van der Waals surface area contributed by atoms with E-state index >= 15 is 0 Å². The summed E-state index contributed by atoms with van der Waals surface area (Å²) in [4.78, 5) is 13.7. The molecule has 0 spiro atoms. The van der Waals surface area contributed by atoms with Gasteiger partial charge in [0.1, 0.15) is 0 Å². The second kappa shape index (κ2) is 4.21. The van der Waals surface area contributed by atoms with E-state index in [9.17, 15) is 9.90 Å². The Labute approximate surface area is 116 Å². The summed E-state index contributed by atoms with van der Waals surface area (Å²) in [5.41, 5.74) is 0.703. The first-order valence-corrected chi connectivity index (χ1v) is 7.74. The van der Waals surface area contributed by atoms with Crippen LogP contribution in [0.5, 0.6) is 0 Å². The quantitative estimate of drug-likeness (QED) is 0.849. The molecule has 4 rings (SSSR count). The van der Waals surface area contributed by atoms with E-state index in [0.29, 0.717) is 11.0 Å². The lowest BCUT2D eigenvalue weighted by atomic mass is 9.45. The van der Waals surface area contributed by atoms with Crippen molar-refractivity contribution in [1.82, 2.24) is 4.90 Å². The third-order valence-electron chi connectivity index (χ3n) is 6.26. The standard InChI is InChI=1S/C16H27NO2/c1-11(14(18)19)5-15-6-12-4-13(7-15)9-16(8-12,10-15)17(2)3/h11-13H,4-10H2,1-3H3,(H,18,19). The molecule has 108 valence electrons. The van der Waals surface area contributed by atoms with Crippen LogP contribution >= 0.6 is 0 Å². The van der Waals surface area contributed by atoms with Crippen molar-refractivity contribution in [1.29, 1.82) is 0 Å². The van der Waals surface area contributed by atoms with Gasteiger partial charge in [-0.1, -0.05) is 6.92 Å². The highest BCUT2D eigenvalue weighted by Gasteiger charge is 2.58. The number of hydrogen-bond donors (Lipinski definition) is 1. The second-order valence-corrected chi connectivity index (χ2v) is 8.02. The highest BCUT2D eigenvalue weighted by atomic mass is 16.4. The Morgan fingerprint density at radius 2 is 1.84 bits per heavy atom. The van der Waals surface area contributed by atoms with Gasteiger partial charge < -0.3 is 10.0 Å². The Balaban J connectivity index is 1.85. The van der Waals surface area contributed by atoms with Gasteiger partial charge in [0.15, 0.2) is 0 Å². The number of hydrogen-bond acceptors (Lipinski definition) is 2. The molecule has 4 aliphatic rings. The molecule has 0 aromatic heterocycles. The number of carbonyl (C=O) groups is 1. The maximum absolute atomic E-state index is 11.2. The maximum Gasteiger partial charge on any atom is 0.306 e. The number of rotatable bonds is 4. The van der Waals surface area contributed by atoms with Gasteiger partial charge in [-0.15, -0.1) is 0 Å². The van der Waals surface area contributed by atoms with Crippen LogP contribution in [0.1, 0.15) is 51.9 Å². The highest BCUT2D eigenvalue weighted by Crippen LogP contribution is 2.64. The molecule has 19 heavy (non-hydrogen) atoms. The Morgan fingerprint density at radius 3 is 2.32 bits per heavy atom. The minimum absolute atomic E-state index is 0.185. The van der Waals surface area contributed by atoms with Crippen molar-refractivity contribution in [2.24, 2.45) is 23.2 Å². The van der Waals surface area contributed by atoms with Crippen LogP contribution in [0.3, 0.4) is 0 Å². The van der Waals surface area contributed by atoms with Crippen molar-refractivity contribution in [3.8, 4) is 0 Å². The van der Waals surface area contributed by atoms with E-state index < -0.39 is 5.97 Å². The Hall–Kier alpha value is -0.570. The van der Waals surface area contributed by atoms with Crippen molar-refractivity contribution in [2.75, 3.05) is 14.1 Å². The number of aliphatic carboxylic acids is 1. The summed E-state index contributed by atoms with van der Waals surface area (Å²) in [5, 5.41) is 9.25. The van der Waals surface area contributed by atoms with Crippen LogP contribution in [0.4, 0.5) is 0 Å². The summed E-state index contributed by atoms with van der Waals surface area (Å²) in [6.45, 7) is 1.89. The minimum atomic E-state index is -0.616. The molecule has 3 nitrogen and oxygen atoms in total. The first kappa shape index (κ1) is 13.4. The van der Waals surface area contributed by atoms with Gasteiger partial charge >= 0.3 is 5.97 Å². The van der Waals surface area contributed by atoms with Crippen molar-refractivity contribution in [3.63, 3.8) is 0 Å². The van der Waals surface area contributed by atoms with Crippen LogP contribution < -0.4 is 0 Å². The maximum atomic E-state index is 11.2. The lowest BCUT2D eigenvalue weighted by Crippen LogP contribution is -2.61. The minimum Gasteiger partial charge on any atom is -0.481 e. The van der Waals surface area contributed by atoms with E-state index in [1.165, 1.54) is 38.5 Å². The van der Waals surface area contributed by atoms with Gasteiger partial charge in [0, 0.05) is 5.54 Å². The van der Waals surface area contributed by atoms with Crippen LogP contribution in [-0.4, -0.2) is 35.6 Å². The van der Waals surface area contributed by atoms with Crippen LogP contribution in [0.2, 0.25) is 0 Å². The number of carboxylic acids is 1. The predicted octanol–water partition coefficient (Wildman–Crippen LogP) is 3.00. The van der Waals surface area contributed by atoms with Gasteiger partial charge in [0.25, 0.3) is 0 Å². The molecule has 3 heteroatoms. The molecule has 0 radical (unpaired) electrons. The molecular formula is C16H27NO2.